The summed E-state index contributed by atoms with van der Waals surface area (Å²) in [5.41, 5.74) is 4.35. The van der Waals surface area contributed by atoms with Crippen LogP contribution in [0.25, 0.3) is 27.7 Å². The first-order valence-corrected chi connectivity index (χ1v) is 11.7. The average molecular weight is 468 g/mol. The molecule has 0 saturated carbocycles. The van der Waals surface area contributed by atoms with Gasteiger partial charge < -0.3 is 19.0 Å². The molecule has 1 aromatic heterocycles. The van der Waals surface area contributed by atoms with Crippen molar-refractivity contribution in [1.82, 2.24) is 15.0 Å². The highest BCUT2D eigenvalue weighted by Gasteiger charge is 2.46. The van der Waals surface area contributed by atoms with Gasteiger partial charge in [0.15, 0.2) is 0 Å². The fraction of sp³-hybridized carbons (Fsp3) is 0.370. The Labute approximate surface area is 203 Å². The van der Waals surface area contributed by atoms with Gasteiger partial charge in [-0.25, -0.2) is 6.57 Å². The molecule has 1 spiro atoms. The number of nitriles is 1. The molecule has 1 atom stereocenters. The highest BCUT2D eigenvalue weighted by Crippen LogP contribution is 2.48. The molecule has 8 heteroatoms. The van der Waals surface area contributed by atoms with Crippen LogP contribution in [0.3, 0.4) is 0 Å². The third-order valence-corrected chi connectivity index (χ3v) is 6.90. The molecule has 0 radical (unpaired) electrons. The highest BCUT2D eigenvalue weighted by molar-refractivity contribution is 5.80. The zero-order valence-electron chi connectivity index (χ0n) is 19.7. The van der Waals surface area contributed by atoms with E-state index < -0.39 is 0 Å². The molecule has 35 heavy (non-hydrogen) atoms. The second-order valence-electron chi connectivity index (χ2n) is 9.41. The summed E-state index contributed by atoms with van der Waals surface area (Å²) in [5.74, 6) is 1.28. The molecule has 1 aliphatic heterocycles. The number of likely N-dealkylation sites (tertiary alicyclic amines) is 1. The van der Waals surface area contributed by atoms with Crippen molar-refractivity contribution < 1.29 is 14.1 Å². The van der Waals surface area contributed by atoms with E-state index in [1.165, 1.54) is 11.1 Å². The first kappa shape index (κ1) is 22.6. The second-order valence-corrected chi connectivity index (χ2v) is 9.41. The lowest BCUT2D eigenvalue weighted by Crippen LogP contribution is -2.34. The van der Waals surface area contributed by atoms with Gasteiger partial charge in [-0.15, -0.1) is 0 Å². The maximum Gasteiger partial charge on any atom is 0.302 e. The molecule has 1 unspecified atom stereocenters. The average Bonchev–Trinajstić information content (AvgIpc) is 3.59. The maximum absolute atomic E-state index is 12.3. The van der Waals surface area contributed by atoms with Crippen molar-refractivity contribution in [3.05, 3.63) is 64.5 Å². The Bertz CT molecular complexity index is 1380. The number of benzene rings is 2. The Balaban J connectivity index is 1.44. The molecular formula is C27H25N5O3. The van der Waals surface area contributed by atoms with Gasteiger partial charge in [0.1, 0.15) is 11.8 Å². The number of amides is 1. The third kappa shape index (κ3) is 4.02. The van der Waals surface area contributed by atoms with Gasteiger partial charge in [0.2, 0.25) is 5.82 Å². The van der Waals surface area contributed by atoms with E-state index in [9.17, 15) is 10.1 Å². The SMILES string of the molecule is [C-]#[N+]CC(=O)N1CCC2(CCc3c(-c4noc(-c5ccc(OC(C)C)c(C#N)c5)n4)cccc32)C1. The Hall–Kier alpha value is -4.17. The third-order valence-electron chi connectivity index (χ3n) is 6.90. The number of carbonyl (C=O) groups excluding carboxylic acids is 1. The molecule has 1 aliphatic carbocycles. The zero-order valence-corrected chi connectivity index (χ0v) is 19.7. The minimum absolute atomic E-state index is 0.0378. The van der Waals surface area contributed by atoms with Crippen molar-refractivity contribution in [3.8, 4) is 34.7 Å². The number of aromatic nitrogens is 2. The minimum Gasteiger partial charge on any atom is -0.490 e. The molecule has 5 rings (SSSR count). The Morgan fingerprint density at radius 3 is 2.97 bits per heavy atom. The zero-order chi connectivity index (χ0) is 24.6. The van der Waals surface area contributed by atoms with Gasteiger partial charge in [0.05, 0.1) is 11.7 Å². The van der Waals surface area contributed by atoms with Crippen LogP contribution in [0.4, 0.5) is 0 Å². The predicted molar refractivity (Wildman–Crippen MR) is 128 cm³/mol. The Morgan fingerprint density at radius 1 is 1.34 bits per heavy atom. The number of hydrogen-bond acceptors (Lipinski definition) is 6. The van der Waals surface area contributed by atoms with Crippen LogP contribution in [-0.2, 0) is 16.6 Å². The number of ether oxygens (including phenoxy) is 1. The van der Waals surface area contributed by atoms with Crippen molar-refractivity contribution >= 4 is 5.91 Å². The second kappa shape index (κ2) is 8.88. The molecule has 176 valence electrons. The van der Waals surface area contributed by atoms with Gasteiger partial charge in [0.25, 0.3) is 12.4 Å². The molecular weight excluding hydrogens is 442 g/mol. The standard InChI is InChI=1S/C27H25N5O3/c1-17(2)34-23-8-7-18(13-19(23)14-28)26-30-25(31-35-26)21-5-4-6-22-20(21)9-10-27(22)11-12-32(16-27)24(33)15-29-3/h4-8,13,17H,9-12,15-16H2,1-2H3. The van der Waals surface area contributed by atoms with Crippen molar-refractivity contribution in [1.29, 1.82) is 5.26 Å². The van der Waals surface area contributed by atoms with Crippen molar-refractivity contribution in [2.24, 2.45) is 0 Å². The van der Waals surface area contributed by atoms with Crippen molar-refractivity contribution in [2.75, 3.05) is 19.6 Å². The molecule has 3 aromatic rings. The first-order valence-electron chi connectivity index (χ1n) is 11.7. The number of fused-ring (bicyclic) bond motifs is 2. The van der Waals surface area contributed by atoms with Gasteiger partial charge in [0, 0.05) is 29.6 Å². The van der Waals surface area contributed by atoms with Crippen LogP contribution in [0.1, 0.15) is 43.4 Å². The monoisotopic (exact) mass is 467 g/mol. The van der Waals surface area contributed by atoms with E-state index in [0.717, 1.165) is 24.8 Å². The van der Waals surface area contributed by atoms with Crippen LogP contribution in [0.2, 0.25) is 0 Å². The van der Waals surface area contributed by atoms with Gasteiger partial charge >= 0.3 is 5.91 Å². The smallest absolute Gasteiger partial charge is 0.302 e. The van der Waals surface area contributed by atoms with Gasteiger partial charge in [-0.1, -0.05) is 23.4 Å². The van der Waals surface area contributed by atoms with E-state index in [2.05, 4.69) is 27.1 Å². The molecule has 0 N–H and O–H groups in total. The van der Waals surface area contributed by atoms with Crippen molar-refractivity contribution in [2.45, 2.75) is 44.6 Å². The lowest BCUT2D eigenvalue weighted by Gasteiger charge is -2.25. The maximum atomic E-state index is 12.3. The summed E-state index contributed by atoms with van der Waals surface area (Å²) in [6, 6.07) is 13.6. The first-order chi connectivity index (χ1) is 16.9. The van der Waals surface area contributed by atoms with E-state index >= 15 is 0 Å². The summed E-state index contributed by atoms with van der Waals surface area (Å²) in [6.07, 6.45) is 2.69. The number of nitrogens with zero attached hydrogens (tertiary/aromatic N) is 5. The molecule has 8 nitrogen and oxygen atoms in total. The lowest BCUT2D eigenvalue weighted by molar-refractivity contribution is -0.128. The van der Waals surface area contributed by atoms with Gasteiger partial charge in [-0.2, -0.15) is 10.2 Å². The molecule has 2 aliphatic rings. The van der Waals surface area contributed by atoms with Gasteiger partial charge in [-0.05, 0) is 62.4 Å². The Kier molecular flexibility index (Phi) is 5.74. The normalized spacial score (nSPS) is 18.5. The van der Waals surface area contributed by atoms with E-state index in [0.29, 0.717) is 41.7 Å². The van der Waals surface area contributed by atoms with Crippen molar-refractivity contribution in [3.63, 3.8) is 0 Å². The van der Waals surface area contributed by atoms with Crippen LogP contribution >= 0.6 is 0 Å². The van der Waals surface area contributed by atoms with Crippen LogP contribution in [0.15, 0.2) is 40.9 Å². The molecule has 2 aromatic carbocycles. The summed E-state index contributed by atoms with van der Waals surface area (Å²) in [4.78, 5) is 22.0. The predicted octanol–water partition coefficient (Wildman–Crippen LogP) is 4.40. The van der Waals surface area contributed by atoms with Gasteiger partial charge in [-0.3, -0.25) is 4.79 Å². The van der Waals surface area contributed by atoms with E-state index in [-0.39, 0.29) is 24.0 Å². The summed E-state index contributed by atoms with van der Waals surface area (Å²) in [7, 11) is 0. The van der Waals surface area contributed by atoms with E-state index in [1.807, 2.05) is 36.9 Å². The quantitative estimate of drug-likeness (QED) is 0.516. The molecule has 2 heterocycles. The molecule has 1 saturated heterocycles. The molecule has 0 bridgehead atoms. The van der Waals surface area contributed by atoms with Crippen LogP contribution < -0.4 is 4.74 Å². The number of carbonyl (C=O) groups is 1. The highest BCUT2D eigenvalue weighted by atomic mass is 16.5. The fourth-order valence-corrected chi connectivity index (χ4v) is 5.30. The van der Waals surface area contributed by atoms with Crippen LogP contribution in [0, 0.1) is 17.9 Å². The van der Waals surface area contributed by atoms with E-state index in [1.54, 1.807) is 12.1 Å². The largest absolute Gasteiger partial charge is 0.490 e. The molecule has 1 amide bonds. The fourth-order valence-electron chi connectivity index (χ4n) is 5.30. The summed E-state index contributed by atoms with van der Waals surface area (Å²) >= 11 is 0. The van der Waals surface area contributed by atoms with Crippen LogP contribution in [0.5, 0.6) is 5.75 Å². The number of hydrogen-bond donors (Lipinski definition) is 0. The lowest BCUT2D eigenvalue weighted by atomic mass is 9.81. The minimum atomic E-state index is -0.0918. The summed E-state index contributed by atoms with van der Waals surface area (Å²) in [5, 5.41) is 13.8. The van der Waals surface area contributed by atoms with E-state index in [4.69, 9.17) is 15.8 Å². The van der Waals surface area contributed by atoms with Crippen LogP contribution in [-0.4, -0.2) is 46.7 Å². The number of rotatable bonds is 5. The Morgan fingerprint density at radius 2 is 2.20 bits per heavy atom. The summed E-state index contributed by atoms with van der Waals surface area (Å²) in [6.45, 7) is 12.1. The topological polar surface area (TPSA) is 96.6 Å². The molecule has 1 fully saturated rings. The summed E-state index contributed by atoms with van der Waals surface area (Å²) < 4.78 is 11.3.